The molecule has 0 aliphatic heterocycles. The maximum Gasteiger partial charge on any atom is 0.115 e. The van der Waals surface area contributed by atoms with Crippen molar-refractivity contribution in [1.82, 2.24) is 0 Å². The van der Waals surface area contributed by atoms with Gasteiger partial charge in [0.05, 0.1) is 0 Å². The standard InChI is InChI=1S/C29H22O2/c1-29(2)27-17-20(4-3-19-5-11-23(30)12-6-19)7-15-25(27)26-16-10-22(18-28(26)29)21-8-13-24(31)14-9-21/h5-18,30-31H,1-2H3. The van der Waals surface area contributed by atoms with E-state index in [1.54, 1.807) is 24.3 Å². The molecule has 1 aliphatic rings. The third-order valence-electron chi connectivity index (χ3n) is 6.10. The first-order valence-electron chi connectivity index (χ1n) is 10.3. The zero-order valence-electron chi connectivity index (χ0n) is 17.5. The fourth-order valence-electron chi connectivity index (χ4n) is 4.34. The van der Waals surface area contributed by atoms with Gasteiger partial charge in [0.2, 0.25) is 0 Å². The van der Waals surface area contributed by atoms with E-state index < -0.39 is 0 Å². The molecule has 0 unspecified atom stereocenters. The number of aromatic hydroxyl groups is 2. The molecule has 2 nitrogen and oxygen atoms in total. The molecule has 0 amide bonds. The van der Waals surface area contributed by atoms with Crippen LogP contribution in [0.2, 0.25) is 0 Å². The number of phenols is 2. The average molecular weight is 402 g/mol. The summed E-state index contributed by atoms with van der Waals surface area (Å²) in [6.07, 6.45) is 0. The Hall–Kier alpha value is -3.96. The number of fused-ring (bicyclic) bond motifs is 3. The van der Waals surface area contributed by atoms with Crippen molar-refractivity contribution in [2.75, 3.05) is 0 Å². The van der Waals surface area contributed by atoms with Crippen LogP contribution in [0.4, 0.5) is 0 Å². The van der Waals surface area contributed by atoms with Gasteiger partial charge < -0.3 is 10.2 Å². The van der Waals surface area contributed by atoms with Crippen LogP contribution in [0, 0.1) is 11.8 Å². The smallest absolute Gasteiger partial charge is 0.115 e. The van der Waals surface area contributed by atoms with Crippen LogP contribution in [-0.2, 0) is 5.41 Å². The minimum Gasteiger partial charge on any atom is -0.508 e. The molecule has 0 saturated heterocycles. The lowest BCUT2D eigenvalue weighted by atomic mass is 9.81. The van der Waals surface area contributed by atoms with Gasteiger partial charge in [-0.05, 0) is 88.0 Å². The molecule has 4 aromatic carbocycles. The summed E-state index contributed by atoms with van der Waals surface area (Å²) in [4.78, 5) is 0. The summed E-state index contributed by atoms with van der Waals surface area (Å²) in [6, 6.07) is 27.3. The van der Waals surface area contributed by atoms with Gasteiger partial charge in [-0.25, -0.2) is 0 Å². The summed E-state index contributed by atoms with van der Waals surface area (Å²) < 4.78 is 0. The zero-order valence-corrected chi connectivity index (χ0v) is 17.5. The van der Waals surface area contributed by atoms with Gasteiger partial charge in [0.1, 0.15) is 11.5 Å². The summed E-state index contributed by atoms with van der Waals surface area (Å²) in [5, 5.41) is 19.0. The second kappa shape index (κ2) is 7.07. The van der Waals surface area contributed by atoms with Crippen molar-refractivity contribution in [2.24, 2.45) is 0 Å². The van der Waals surface area contributed by atoms with Gasteiger partial charge >= 0.3 is 0 Å². The van der Waals surface area contributed by atoms with Crippen LogP contribution in [0.3, 0.4) is 0 Å². The quantitative estimate of drug-likeness (QED) is 0.358. The van der Waals surface area contributed by atoms with Crippen LogP contribution in [0.25, 0.3) is 22.3 Å². The van der Waals surface area contributed by atoms with E-state index in [1.807, 2.05) is 24.3 Å². The van der Waals surface area contributed by atoms with Crippen molar-refractivity contribution in [2.45, 2.75) is 19.3 Å². The molecule has 150 valence electrons. The first-order valence-corrected chi connectivity index (χ1v) is 10.3. The summed E-state index contributed by atoms with van der Waals surface area (Å²) in [7, 11) is 0. The number of hydrogen-bond acceptors (Lipinski definition) is 2. The Morgan fingerprint density at radius 2 is 1.03 bits per heavy atom. The molecule has 2 heteroatoms. The number of phenolic OH excluding ortho intramolecular Hbond substituents is 2. The third-order valence-corrected chi connectivity index (χ3v) is 6.10. The van der Waals surface area contributed by atoms with E-state index in [9.17, 15) is 10.2 Å². The largest absolute Gasteiger partial charge is 0.508 e. The van der Waals surface area contributed by atoms with E-state index in [-0.39, 0.29) is 16.9 Å². The van der Waals surface area contributed by atoms with E-state index in [4.69, 9.17) is 0 Å². The summed E-state index contributed by atoms with van der Waals surface area (Å²) >= 11 is 0. The molecule has 31 heavy (non-hydrogen) atoms. The molecule has 0 spiro atoms. The Kier molecular flexibility index (Phi) is 4.34. The van der Waals surface area contributed by atoms with E-state index >= 15 is 0 Å². The highest BCUT2D eigenvalue weighted by Gasteiger charge is 2.35. The highest BCUT2D eigenvalue weighted by Crippen LogP contribution is 2.49. The molecule has 1 aliphatic carbocycles. The van der Waals surface area contributed by atoms with E-state index in [0.29, 0.717) is 0 Å². The predicted molar refractivity (Wildman–Crippen MR) is 125 cm³/mol. The second-order valence-electron chi connectivity index (χ2n) is 8.49. The topological polar surface area (TPSA) is 40.5 Å². The molecule has 0 fully saturated rings. The second-order valence-corrected chi connectivity index (χ2v) is 8.49. The maximum atomic E-state index is 9.59. The Bertz CT molecular complexity index is 1350. The lowest BCUT2D eigenvalue weighted by molar-refractivity contribution is 0.475. The minimum atomic E-state index is -0.131. The monoisotopic (exact) mass is 402 g/mol. The van der Waals surface area contributed by atoms with Gasteiger partial charge in [-0.15, -0.1) is 0 Å². The minimum absolute atomic E-state index is 0.131. The summed E-state index contributed by atoms with van der Waals surface area (Å²) in [6.45, 7) is 4.52. The molecule has 0 heterocycles. The van der Waals surface area contributed by atoms with Gasteiger partial charge in [-0.2, -0.15) is 0 Å². The fourth-order valence-corrected chi connectivity index (χ4v) is 4.34. The van der Waals surface area contributed by atoms with Gasteiger partial charge in [-0.3, -0.25) is 0 Å². The lowest BCUT2D eigenvalue weighted by Crippen LogP contribution is -2.15. The molecule has 0 radical (unpaired) electrons. The number of benzene rings is 4. The average Bonchev–Trinajstić information content (AvgIpc) is 3.00. The van der Waals surface area contributed by atoms with Crippen molar-refractivity contribution in [3.05, 3.63) is 107 Å². The molecular weight excluding hydrogens is 380 g/mol. The van der Waals surface area contributed by atoms with Crippen LogP contribution in [0.15, 0.2) is 84.9 Å². The lowest BCUT2D eigenvalue weighted by Gasteiger charge is -2.22. The summed E-state index contributed by atoms with van der Waals surface area (Å²) in [5.41, 5.74) is 9.06. The molecule has 0 bridgehead atoms. The van der Waals surface area contributed by atoms with E-state index in [2.05, 4.69) is 62.1 Å². The van der Waals surface area contributed by atoms with Crippen LogP contribution < -0.4 is 0 Å². The van der Waals surface area contributed by atoms with E-state index in [0.717, 1.165) is 22.3 Å². The first kappa shape index (κ1) is 19.0. The van der Waals surface area contributed by atoms with Crippen molar-refractivity contribution in [3.8, 4) is 45.6 Å². The Morgan fingerprint density at radius 3 is 1.71 bits per heavy atom. The Morgan fingerprint density at radius 1 is 0.548 bits per heavy atom. The van der Waals surface area contributed by atoms with Gasteiger partial charge in [0, 0.05) is 16.5 Å². The molecule has 0 saturated carbocycles. The fraction of sp³-hybridized carbons (Fsp3) is 0.103. The number of rotatable bonds is 1. The third kappa shape index (κ3) is 3.35. The zero-order chi connectivity index (χ0) is 21.6. The highest BCUT2D eigenvalue weighted by molar-refractivity contribution is 5.84. The van der Waals surface area contributed by atoms with Crippen molar-refractivity contribution >= 4 is 0 Å². The van der Waals surface area contributed by atoms with Gasteiger partial charge in [0.25, 0.3) is 0 Å². The molecule has 0 atom stereocenters. The van der Waals surface area contributed by atoms with E-state index in [1.165, 1.54) is 22.3 Å². The van der Waals surface area contributed by atoms with Crippen molar-refractivity contribution in [1.29, 1.82) is 0 Å². The molecular formula is C29H22O2. The van der Waals surface area contributed by atoms with Gasteiger partial charge in [-0.1, -0.05) is 56.0 Å². The molecule has 5 rings (SSSR count). The van der Waals surface area contributed by atoms with Crippen LogP contribution in [0.1, 0.15) is 36.1 Å². The van der Waals surface area contributed by atoms with Crippen LogP contribution in [0.5, 0.6) is 11.5 Å². The Balaban J connectivity index is 1.53. The first-order chi connectivity index (χ1) is 14.9. The summed E-state index contributed by atoms with van der Waals surface area (Å²) in [5.74, 6) is 6.96. The molecule has 2 N–H and O–H groups in total. The molecule has 4 aromatic rings. The SMILES string of the molecule is CC1(C)c2cc(C#Cc3ccc(O)cc3)ccc2-c2ccc(-c3ccc(O)cc3)cc21. The van der Waals surface area contributed by atoms with Gasteiger partial charge in [0.15, 0.2) is 0 Å². The molecule has 0 aromatic heterocycles. The van der Waals surface area contributed by atoms with Crippen LogP contribution in [-0.4, -0.2) is 10.2 Å². The van der Waals surface area contributed by atoms with Crippen LogP contribution >= 0.6 is 0 Å². The Labute approximate surface area is 182 Å². The maximum absolute atomic E-state index is 9.59. The van der Waals surface area contributed by atoms with Crippen molar-refractivity contribution < 1.29 is 10.2 Å². The predicted octanol–water partition coefficient (Wildman–Crippen LogP) is 6.47. The van der Waals surface area contributed by atoms with Crippen molar-refractivity contribution in [3.63, 3.8) is 0 Å². The normalized spacial score (nSPS) is 13.1. The highest BCUT2D eigenvalue weighted by atomic mass is 16.3. The number of hydrogen-bond donors (Lipinski definition) is 2.